The molecule has 6 heteroatoms. The number of carbonyl (C=O) groups is 1. The lowest BCUT2D eigenvalue weighted by Gasteiger charge is -2.23. The van der Waals surface area contributed by atoms with E-state index in [1.165, 1.54) is 0 Å². The second-order valence-corrected chi connectivity index (χ2v) is 5.51. The number of rotatable bonds is 2. The number of nitrogens with two attached hydrogens (primary N) is 1. The van der Waals surface area contributed by atoms with Crippen molar-refractivity contribution in [3.05, 3.63) is 23.4 Å². The molecule has 1 saturated heterocycles. The van der Waals surface area contributed by atoms with E-state index in [1.807, 2.05) is 24.0 Å². The molecule has 108 valence electrons. The number of thiocarbonyl (C=S) groups is 1. The molecular formula is C14H20N4OS. The average Bonchev–Trinajstić information content (AvgIpc) is 2.63. The van der Waals surface area contributed by atoms with Crippen LogP contribution >= 0.6 is 12.2 Å². The van der Waals surface area contributed by atoms with E-state index < -0.39 is 0 Å². The number of amides is 1. The van der Waals surface area contributed by atoms with Crippen LogP contribution in [0, 0.1) is 6.92 Å². The van der Waals surface area contributed by atoms with Gasteiger partial charge in [0.2, 0.25) is 5.91 Å². The summed E-state index contributed by atoms with van der Waals surface area (Å²) < 4.78 is 0. The molecule has 1 amide bonds. The van der Waals surface area contributed by atoms with Crippen LogP contribution in [-0.4, -0.2) is 47.0 Å². The van der Waals surface area contributed by atoms with Crippen molar-refractivity contribution in [1.82, 2.24) is 9.88 Å². The first-order valence-electron chi connectivity index (χ1n) is 6.76. The van der Waals surface area contributed by atoms with Gasteiger partial charge in [0, 0.05) is 44.4 Å². The third kappa shape index (κ3) is 3.45. The minimum absolute atomic E-state index is 0.132. The first-order valence-corrected chi connectivity index (χ1v) is 7.17. The standard InChI is InChI=1S/C14H20N4OS/c1-10-8-12(14(15)20)9-13(16-10)18-5-3-4-17(6-7-18)11(2)19/h8-9H,3-7H2,1-2H3,(H2,15,20). The van der Waals surface area contributed by atoms with Gasteiger partial charge in [0.15, 0.2) is 0 Å². The van der Waals surface area contributed by atoms with Gasteiger partial charge in [-0.2, -0.15) is 0 Å². The van der Waals surface area contributed by atoms with Gasteiger partial charge in [-0.05, 0) is 25.5 Å². The largest absolute Gasteiger partial charge is 0.389 e. The van der Waals surface area contributed by atoms with E-state index in [-0.39, 0.29) is 5.91 Å². The summed E-state index contributed by atoms with van der Waals surface area (Å²) in [6, 6.07) is 3.82. The predicted molar refractivity (Wildman–Crippen MR) is 83.9 cm³/mol. The normalized spacial score (nSPS) is 15.9. The Morgan fingerprint density at radius 3 is 2.70 bits per heavy atom. The number of nitrogens with zero attached hydrogens (tertiary/aromatic N) is 3. The first-order chi connectivity index (χ1) is 9.47. The topological polar surface area (TPSA) is 62.5 Å². The van der Waals surface area contributed by atoms with Crippen molar-refractivity contribution < 1.29 is 4.79 Å². The van der Waals surface area contributed by atoms with Crippen LogP contribution in [0.15, 0.2) is 12.1 Å². The predicted octanol–water partition coefficient (Wildman–Crippen LogP) is 1.08. The molecule has 1 aliphatic rings. The number of carbonyl (C=O) groups excluding carboxylic acids is 1. The van der Waals surface area contributed by atoms with Crippen LogP contribution < -0.4 is 10.6 Å². The Bertz CT molecular complexity index is 532. The summed E-state index contributed by atoms with van der Waals surface area (Å²) in [5.74, 6) is 1.02. The van der Waals surface area contributed by atoms with Crippen LogP contribution in [0.5, 0.6) is 0 Å². The monoisotopic (exact) mass is 292 g/mol. The Hall–Kier alpha value is -1.69. The van der Waals surface area contributed by atoms with Gasteiger partial charge in [0.1, 0.15) is 10.8 Å². The quantitative estimate of drug-likeness (QED) is 0.827. The molecule has 0 unspecified atom stereocenters. The lowest BCUT2D eigenvalue weighted by molar-refractivity contribution is -0.128. The minimum atomic E-state index is 0.132. The molecule has 1 aromatic rings. The molecule has 0 spiro atoms. The highest BCUT2D eigenvalue weighted by molar-refractivity contribution is 7.80. The SMILES string of the molecule is CC(=O)N1CCCN(c2cc(C(N)=S)cc(C)n2)CC1. The van der Waals surface area contributed by atoms with Gasteiger partial charge >= 0.3 is 0 Å². The van der Waals surface area contributed by atoms with Crippen molar-refractivity contribution in [2.45, 2.75) is 20.3 Å². The second kappa shape index (κ2) is 6.17. The Balaban J connectivity index is 2.19. The maximum absolute atomic E-state index is 11.5. The van der Waals surface area contributed by atoms with Gasteiger partial charge in [0.05, 0.1) is 0 Å². The van der Waals surface area contributed by atoms with E-state index in [0.717, 1.165) is 49.7 Å². The van der Waals surface area contributed by atoms with Crippen LogP contribution in [0.3, 0.4) is 0 Å². The summed E-state index contributed by atoms with van der Waals surface area (Å²) in [7, 11) is 0. The number of aromatic nitrogens is 1. The zero-order valence-electron chi connectivity index (χ0n) is 11.9. The smallest absolute Gasteiger partial charge is 0.219 e. The molecule has 5 nitrogen and oxygen atoms in total. The van der Waals surface area contributed by atoms with Crippen molar-refractivity contribution in [3.8, 4) is 0 Å². The van der Waals surface area contributed by atoms with E-state index >= 15 is 0 Å². The molecule has 0 atom stereocenters. The molecule has 0 radical (unpaired) electrons. The Labute approximate surface area is 124 Å². The third-order valence-corrected chi connectivity index (χ3v) is 3.73. The lowest BCUT2D eigenvalue weighted by Crippen LogP contribution is -2.34. The van der Waals surface area contributed by atoms with Crippen LogP contribution in [-0.2, 0) is 4.79 Å². The number of aryl methyl sites for hydroxylation is 1. The molecule has 2 N–H and O–H groups in total. The highest BCUT2D eigenvalue weighted by Crippen LogP contribution is 2.17. The van der Waals surface area contributed by atoms with E-state index in [9.17, 15) is 4.79 Å². The molecule has 0 aromatic carbocycles. The fourth-order valence-corrected chi connectivity index (χ4v) is 2.53. The zero-order chi connectivity index (χ0) is 14.7. The summed E-state index contributed by atoms with van der Waals surface area (Å²) in [6.45, 7) is 6.76. The first kappa shape index (κ1) is 14.7. The Kier molecular flexibility index (Phi) is 4.54. The maximum Gasteiger partial charge on any atom is 0.219 e. The van der Waals surface area contributed by atoms with E-state index in [2.05, 4.69) is 9.88 Å². The number of hydrogen-bond donors (Lipinski definition) is 1. The van der Waals surface area contributed by atoms with Gasteiger partial charge in [-0.25, -0.2) is 4.98 Å². The Morgan fingerprint density at radius 2 is 2.05 bits per heavy atom. The van der Waals surface area contributed by atoms with E-state index in [0.29, 0.717) is 4.99 Å². The molecule has 1 fully saturated rings. The van der Waals surface area contributed by atoms with Crippen molar-refractivity contribution in [2.24, 2.45) is 5.73 Å². The molecule has 0 saturated carbocycles. The minimum Gasteiger partial charge on any atom is -0.389 e. The number of anilines is 1. The molecular weight excluding hydrogens is 272 g/mol. The van der Waals surface area contributed by atoms with Crippen molar-refractivity contribution >= 4 is 28.9 Å². The van der Waals surface area contributed by atoms with Crippen molar-refractivity contribution in [3.63, 3.8) is 0 Å². The van der Waals surface area contributed by atoms with Gasteiger partial charge in [-0.1, -0.05) is 12.2 Å². The highest BCUT2D eigenvalue weighted by atomic mass is 32.1. The molecule has 20 heavy (non-hydrogen) atoms. The van der Waals surface area contributed by atoms with Crippen LogP contribution in [0.25, 0.3) is 0 Å². The molecule has 2 rings (SSSR count). The molecule has 1 aromatic heterocycles. The molecule has 0 aliphatic carbocycles. The van der Waals surface area contributed by atoms with Crippen molar-refractivity contribution in [1.29, 1.82) is 0 Å². The summed E-state index contributed by atoms with van der Waals surface area (Å²) in [4.78, 5) is 20.5. The van der Waals surface area contributed by atoms with Crippen LogP contribution in [0.2, 0.25) is 0 Å². The van der Waals surface area contributed by atoms with Gasteiger partial charge in [0.25, 0.3) is 0 Å². The molecule has 0 bridgehead atoms. The summed E-state index contributed by atoms with van der Waals surface area (Å²) in [5.41, 5.74) is 7.45. The van der Waals surface area contributed by atoms with Gasteiger partial charge in [-0.3, -0.25) is 4.79 Å². The van der Waals surface area contributed by atoms with Crippen LogP contribution in [0.4, 0.5) is 5.82 Å². The van der Waals surface area contributed by atoms with Crippen molar-refractivity contribution in [2.75, 3.05) is 31.1 Å². The lowest BCUT2D eigenvalue weighted by atomic mass is 10.2. The third-order valence-electron chi connectivity index (χ3n) is 3.49. The molecule has 1 aliphatic heterocycles. The summed E-state index contributed by atoms with van der Waals surface area (Å²) in [5, 5.41) is 0. The van der Waals surface area contributed by atoms with Gasteiger partial charge in [-0.15, -0.1) is 0 Å². The fourth-order valence-electron chi connectivity index (χ4n) is 2.42. The number of hydrogen-bond acceptors (Lipinski definition) is 4. The number of pyridine rings is 1. The maximum atomic E-state index is 11.5. The fraction of sp³-hybridized carbons (Fsp3) is 0.500. The van der Waals surface area contributed by atoms with E-state index in [1.54, 1.807) is 6.92 Å². The zero-order valence-corrected chi connectivity index (χ0v) is 12.7. The second-order valence-electron chi connectivity index (χ2n) is 5.07. The van der Waals surface area contributed by atoms with Gasteiger partial charge < -0.3 is 15.5 Å². The Morgan fingerprint density at radius 1 is 1.30 bits per heavy atom. The van der Waals surface area contributed by atoms with E-state index in [4.69, 9.17) is 18.0 Å². The summed E-state index contributed by atoms with van der Waals surface area (Å²) in [6.07, 6.45) is 0.942. The average molecular weight is 292 g/mol. The highest BCUT2D eigenvalue weighted by Gasteiger charge is 2.18. The summed E-state index contributed by atoms with van der Waals surface area (Å²) >= 11 is 5.04. The molecule has 2 heterocycles. The van der Waals surface area contributed by atoms with Crippen LogP contribution in [0.1, 0.15) is 24.6 Å².